The highest BCUT2D eigenvalue weighted by Gasteiger charge is 2.29. The molecule has 4 rings (SSSR count). The van der Waals surface area contributed by atoms with Crippen molar-refractivity contribution in [1.29, 1.82) is 10.5 Å². The summed E-state index contributed by atoms with van der Waals surface area (Å²) in [5, 5.41) is 36.9. The molecule has 2 aliphatic rings. The summed E-state index contributed by atoms with van der Waals surface area (Å²) >= 11 is 0. The third-order valence-electron chi connectivity index (χ3n) is 4.80. The Balaban J connectivity index is 0.000000481. The lowest BCUT2D eigenvalue weighted by Gasteiger charge is -2.16. The Morgan fingerprint density at radius 2 is 1.33 bits per heavy atom. The van der Waals surface area contributed by atoms with Gasteiger partial charge in [-0.05, 0) is 70.5 Å². The van der Waals surface area contributed by atoms with Gasteiger partial charge in [0.15, 0.2) is 0 Å². The number of fused-ring (bicyclic) bond motifs is 2. The Labute approximate surface area is 158 Å². The van der Waals surface area contributed by atoms with E-state index in [1.165, 1.54) is 0 Å². The normalized spacial score (nSPS) is 13.5. The van der Waals surface area contributed by atoms with E-state index in [2.05, 4.69) is 18.2 Å². The quantitative estimate of drug-likeness (QED) is 0.814. The van der Waals surface area contributed by atoms with Crippen LogP contribution >= 0.6 is 0 Å². The Hall–Kier alpha value is -3.50. The minimum Gasteiger partial charge on any atom is -0.508 e. The molecule has 2 aromatic rings. The lowest BCUT2D eigenvalue weighted by molar-refractivity contribution is 0.474. The van der Waals surface area contributed by atoms with Crippen LogP contribution in [0.3, 0.4) is 0 Å². The molecule has 4 heteroatoms. The molecular weight excluding hydrogens is 336 g/mol. The SMILES string of the molecule is CCC#N.N#CC(C1=CCc2ccc(O)cc21)C1=CCc2ccc(O)cc21. The van der Waals surface area contributed by atoms with E-state index in [0.717, 1.165) is 46.2 Å². The number of hydrogen-bond acceptors (Lipinski definition) is 4. The molecule has 2 aliphatic carbocycles. The highest BCUT2D eigenvalue weighted by atomic mass is 16.3. The van der Waals surface area contributed by atoms with Gasteiger partial charge in [-0.3, -0.25) is 0 Å². The first-order valence-electron chi connectivity index (χ1n) is 8.90. The molecule has 0 unspecified atom stereocenters. The summed E-state index contributed by atoms with van der Waals surface area (Å²) in [5.41, 5.74) is 6.05. The lowest BCUT2D eigenvalue weighted by Crippen LogP contribution is -2.03. The van der Waals surface area contributed by atoms with Gasteiger partial charge in [0.05, 0.1) is 18.1 Å². The van der Waals surface area contributed by atoms with Crippen molar-refractivity contribution in [3.8, 4) is 23.6 Å². The molecule has 0 saturated heterocycles. The number of phenols is 2. The van der Waals surface area contributed by atoms with E-state index in [4.69, 9.17) is 5.26 Å². The number of allylic oxidation sites excluding steroid dienone is 4. The molecule has 0 amide bonds. The number of nitriles is 2. The number of hydrogen-bond donors (Lipinski definition) is 2. The predicted molar refractivity (Wildman–Crippen MR) is 105 cm³/mol. The first-order valence-corrected chi connectivity index (χ1v) is 8.90. The maximum atomic E-state index is 9.78. The molecule has 0 fully saturated rings. The largest absolute Gasteiger partial charge is 0.508 e. The van der Waals surface area contributed by atoms with E-state index in [-0.39, 0.29) is 17.4 Å². The summed E-state index contributed by atoms with van der Waals surface area (Å²) in [6.07, 6.45) is 6.33. The van der Waals surface area contributed by atoms with Gasteiger partial charge in [0, 0.05) is 6.42 Å². The molecule has 4 nitrogen and oxygen atoms in total. The molecule has 0 atom stereocenters. The zero-order chi connectivity index (χ0) is 19.4. The van der Waals surface area contributed by atoms with Gasteiger partial charge in [0.2, 0.25) is 0 Å². The molecule has 0 spiro atoms. The second-order valence-electron chi connectivity index (χ2n) is 6.48. The van der Waals surface area contributed by atoms with E-state index in [1.54, 1.807) is 24.3 Å². The summed E-state index contributed by atoms with van der Waals surface area (Å²) in [6, 6.07) is 15.0. The fourth-order valence-electron chi connectivity index (χ4n) is 3.54. The summed E-state index contributed by atoms with van der Waals surface area (Å²) in [4.78, 5) is 0. The third-order valence-corrected chi connectivity index (χ3v) is 4.80. The number of aromatic hydroxyl groups is 2. The number of nitrogens with zero attached hydrogens (tertiary/aromatic N) is 2. The summed E-state index contributed by atoms with van der Waals surface area (Å²) < 4.78 is 0. The molecule has 0 aliphatic heterocycles. The summed E-state index contributed by atoms with van der Waals surface area (Å²) in [6.45, 7) is 1.82. The zero-order valence-corrected chi connectivity index (χ0v) is 15.1. The van der Waals surface area contributed by atoms with Crippen molar-refractivity contribution in [2.75, 3.05) is 0 Å². The van der Waals surface area contributed by atoms with Crippen molar-refractivity contribution < 1.29 is 10.2 Å². The highest BCUT2D eigenvalue weighted by Crippen LogP contribution is 2.44. The van der Waals surface area contributed by atoms with Crippen LogP contribution in [0, 0.1) is 28.6 Å². The minimum absolute atomic E-state index is 0.215. The van der Waals surface area contributed by atoms with Crippen molar-refractivity contribution in [2.45, 2.75) is 26.2 Å². The van der Waals surface area contributed by atoms with Gasteiger partial charge in [-0.2, -0.15) is 10.5 Å². The molecule has 0 heterocycles. The number of phenolic OH excluding ortho intramolecular Hbond substituents is 2. The fourth-order valence-corrected chi connectivity index (χ4v) is 3.54. The Kier molecular flexibility index (Phi) is 5.29. The molecule has 0 saturated carbocycles. The first-order chi connectivity index (χ1) is 13.1. The van der Waals surface area contributed by atoms with Gasteiger partial charge in [-0.1, -0.05) is 31.2 Å². The topological polar surface area (TPSA) is 88.0 Å². The zero-order valence-electron chi connectivity index (χ0n) is 15.1. The minimum atomic E-state index is -0.388. The Bertz CT molecular complexity index is 950. The maximum Gasteiger partial charge on any atom is 0.116 e. The van der Waals surface area contributed by atoms with Crippen LogP contribution in [-0.2, 0) is 12.8 Å². The van der Waals surface area contributed by atoms with E-state index in [9.17, 15) is 15.5 Å². The predicted octanol–water partition coefficient (Wildman–Crippen LogP) is 4.74. The number of benzene rings is 2. The van der Waals surface area contributed by atoms with Gasteiger partial charge >= 0.3 is 0 Å². The van der Waals surface area contributed by atoms with E-state index >= 15 is 0 Å². The van der Waals surface area contributed by atoms with Crippen LogP contribution in [0.1, 0.15) is 35.6 Å². The van der Waals surface area contributed by atoms with Crippen LogP contribution in [0.5, 0.6) is 11.5 Å². The van der Waals surface area contributed by atoms with Gasteiger partial charge in [0.1, 0.15) is 11.5 Å². The highest BCUT2D eigenvalue weighted by molar-refractivity contribution is 5.90. The molecular formula is C23H20N2O2. The van der Waals surface area contributed by atoms with E-state index < -0.39 is 0 Å². The molecule has 134 valence electrons. The van der Waals surface area contributed by atoms with Gasteiger partial charge in [-0.25, -0.2) is 0 Å². The average molecular weight is 356 g/mol. The van der Waals surface area contributed by atoms with Crippen LogP contribution in [0.4, 0.5) is 0 Å². The maximum absolute atomic E-state index is 9.78. The van der Waals surface area contributed by atoms with E-state index in [0.29, 0.717) is 6.42 Å². The smallest absolute Gasteiger partial charge is 0.116 e. The van der Waals surface area contributed by atoms with Crippen LogP contribution in [0.15, 0.2) is 48.6 Å². The fraction of sp³-hybridized carbons (Fsp3) is 0.217. The van der Waals surface area contributed by atoms with Crippen LogP contribution in [0.25, 0.3) is 11.1 Å². The van der Waals surface area contributed by atoms with Crippen molar-refractivity contribution in [2.24, 2.45) is 5.92 Å². The third kappa shape index (κ3) is 3.57. The Morgan fingerprint density at radius 3 is 1.70 bits per heavy atom. The Morgan fingerprint density at radius 1 is 0.889 bits per heavy atom. The molecule has 27 heavy (non-hydrogen) atoms. The lowest BCUT2D eigenvalue weighted by atomic mass is 9.86. The van der Waals surface area contributed by atoms with Crippen molar-refractivity contribution >= 4 is 11.1 Å². The second-order valence-corrected chi connectivity index (χ2v) is 6.48. The molecule has 2 aromatic carbocycles. The average Bonchev–Trinajstić information content (AvgIpc) is 3.27. The van der Waals surface area contributed by atoms with Crippen LogP contribution in [-0.4, -0.2) is 10.2 Å². The van der Waals surface area contributed by atoms with Gasteiger partial charge in [0.25, 0.3) is 0 Å². The molecule has 0 aromatic heterocycles. The molecule has 0 radical (unpaired) electrons. The van der Waals surface area contributed by atoms with Crippen molar-refractivity contribution in [3.63, 3.8) is 0 Å². The van der Waals surface area contributed by atoms with Gasteiger partial charge < -0.3 is 10.2 Å². The van der Waals surface area contributed by atoms with Crippen LogP contribution < -0.4 is 0 Å². The summed E-state index contributed by atoms with van der Waals surface area (Å²) in [7, 11) is 0. The van der Waals surface area contributed by atoms with Crippen molar-refractivity contribution in [3.05, 3.63) is 70.8 Å². The van der Waals surface area contributed by atoms with Crippen LogP contribution in [0.2, 0.25) is 0 Å². The monoisotopic (exact) mass is 356 g/mol. The molecule has 2 N–H and O–H groups in total. The summed E-state index contributed by atoms with van der Waals surface area (Å²) in [5.74, 6) is 0.0412. The van der Waals surface area contributed by atoms with E-state index in [1.807, 2.05) is 25.1 Å². The molecule has 0 bridgehead atoms. The van der Waals surface area contributed by atoms with Gasteiger partial charge in [-0.15, -0.1) is 0 Å². The van der Waals surface area contributed by atoms with Crippen molar-refractivity contribution in [1.82, 2.24) is 0 Å². The number of rotatable bonds is 2. The second kappa shape index (κ2) is 7.81. The first kappa shape index (κ1) is 18.3. The standard InChI is InChI=1S/C20H15NO2.C3H5N/c21-11-20(16-7-3-12-1-5-14(22)9-18(12)16)17-8-4-13-2-6-15(23)10-19(13)17;1-2-3-4/h1-2,5-10,20,22-23H,3-4H2;2H2,1H3.